The minimum absolute atomic E-state index is 0. The van der Waals surface area contributed by atoms with E-state index in [0.29, 0.717) is 0 Å². The summed E-state index contributed by atoms with van der Waals surface area (Å²) in [6, 6.07) is 9.52. The molecule has 0 fully saturated rings. The molecule has 6 N–H and O–H groups in total. The van der Waals surface area contributed by atoms with E-state index in [1.54, 1.807) is 0 Å². The second-order valence-corrected chi connectivity index (χ2v) is 7.13. The van der Waals surface area contributed by atoms with Crippen molar-refractivity contribution in [2.45, 2.75) is 0 Å². The molecular weight excluding hydrogens is 800 g/mol. The van der Waals surface area contributed by atoms with Crippen LogP contribution in [-0.4, -0.2) is 35.8 Å². The van der Waals surface area contributed by atoms with Gasteiger partial charge in [-0.3, -0.25) is 0 Å². The molecule has 3 aromatic carbocycles. The van der Waals surface area contributed by atoms with Gasteiger partial charge in [-0.25, -0.2) is 0 Å². The summed E-state index contributed by atoms with van der Waals surface area (Å²) >= 11 is 0. The molecule has 17 heteroatoms. The number of benzene rings is 3. The van der Waals surface area contributed by atoms with Gasteiger partial charge in [0.2, 0.25) is 0 Å². The Labute approximate surface area is 286 Å². The number of hydrogen-bond donors (Lipinski definition) is 3. The maximum atomic E-state index is 10.3. The zero-order chi connectivity index (χ0) is 30.0. The fraction of sp³-hybridized carbons (Fsp3) is 0. The van der Waals surface area contributed by atoms with Gasteiger partial charge in [0.1, 0.15) is 0 Å². The number of carbonyl (C=O) groups is 6. The zero-order valence-electron chi connectivity index (χ0n) is 20.5. The van der Waals surface area contributed by atoms with Crippen molar-refractivity contribution in [1.29, 1.82) is 0 Å². The van der Waals surface area contributed by atoms with E-state index in [-0.39, 0.29) is 122 Å². The van der Waals surface area contributed by atoms with E-state index in [1.807, 2.05) is 0 Å². The molecule has 0 saturated carbocycles. The number of carbonyl (C=O) groups excluding carboxylic acids is 6. The summed E-state index contributed by atoms with van der Waals surface area (Å²) in [5.74, 6) is -8.54. The third-order valence-corrected chi connectivity index (χ3v) is 4.52. The van der Waals surface area contributed by atoms with Gasteiger partial charge < -0.3 is 76.6 Å². The van der Waals surface area contributed by atoms with Crippen LogP contribution in [-0.2, 0) is 0 Å². The second kappa shape index (κ2) is 17.9. The number of carboxylic acids is 6. The van der Waals surface area contributed by atoms with Gasteiger partial charge in [-0.05, 0) is 34.9 Å². The third kappa shape index (κ3) is 12.1. The normalized spacial score (nSPS) is 9.07. The van der Waals surface area contributed by atoms with Crippen molar-refractivity contribution in [3.63, 3.8) is 0 Å². The summed E-state index contributed by atoms with van der Waals surface area (Å²) in [7, 11) is 0. The van der Waals surface area contributed by atoms with Crippen molar-refractivity contribution in [3.8, 4) is 0 Å². The van der Waals surface area contributed by atoms with Crippen LogP contribution in [0.4, 0.5) is 17.1 Å². The Bertz CT molecular complexity index is 1300. The number of nitrogen functional groups attached to an aromatic ring is 3. The van der Waals surface area contributed by atoms with Gasteiger partial charge >= 0.3 is 71.2 Å². The molecule has 0 radical (unpaired) electrons. The van der Waals surface area contributed by atoms with Crippen LogP contribution >= 0.6 is 0 Å². The average Bonchev–Trinajstić information content (AvgIpc) is 2.83. The van der Waals surface area contributed by atoms with Crippen molar-refractivity contribution in [1.82, 2.24) is 0 Å². The van der Waals surface area contributed by atoms with Crippen molar-refractivity contribution in [2.75, 3.05) is 17.2 Å². The van der Waals surface area contributed by atoms with Crippen LogP contribution in [0.25, 0.3) is 0 Å². The van der Waals surface area contributed by atoms with E-state index in [0.717, 1.165) is 54.6 Å². The standard InChI is InChI=1S/3C8H7NO4.2La/c3*9-6-3-4(7(10)11)1-2-5(6)8(12)13;;/h3*1-3H,9H2,(H,10,11)(H,12,13);;/q;;;2*+3/p-6. The van der Waals surface area contributed by atoms with Crippen LogP contribution < -0.4 is 47.8 Å². The predicted octanol–water partition coefficient (Wildman–Crippen LogP) is -6.01. The first-order chi connectivity index (χ1) is 18.1. The molecule has 0 aliphatic rings. The topological polar surface area (TPSA) is 319 Å². The van der Waals surface area contributed by atoms with Crippen molar-refractivity contribution in [2.24, 2.45) is 0 Å². The van der Waals surface area contributed by atoms with Gasteiger partial charge in [0.05, 0.1) is 35.8 Å². The van der Waals surface area contributed by atoms with Crippen LogP contribution in [0.2, 0.25) is 0 Å². The fourth-order valence-corrected chi connectivity index (χ4v) is 2.63. The second-order valence-electron chi connectivity index (χ2n) is 7.13. The number of nitrogens with two attached hydrogens (primary N) is 3. The molecule has 0 unspecified atom stereocenters. The van der Waals surface area contributed by atoms with Gasteiger partial charge in [0.15, 0.2) is 0 Å². The molecular formula is C24H15La2N3O12. The Morgan fingerprint density at radius 1 is 0.390 bits per heavy atom. The van der Waals surface area contributed by atoms with Crippen molar-refractivity contribution >= 4 is 52.9 Å². The fourth-order valence-electron chi connectivity index (χ4n) is 2.63. The Hall–Kier alpha value is -3.73. The van der Waals surface area contributed by atoms with Gasteiger partial charge in [0, 0.05) is 33.8 Å². The van der Waals surface area contributed by atoms with Crippen LogP contribution in [0.3, 0.4) is 0 Å². The largest absolute Gasteiger partial charge is 3.00 e. The summed E-state index contributed by atoms with van der Waals surface area (Å²) in [4.78, 5) is 62.0. The zero-order valence-corrected chi connectivity index (χ0v) is 27.7. The van der Waals surface area contributed by atoms with E-state index in [4.69, 9.17) is 17.2 Å². The quantitative estimate of drug-likeness (QED) is 0.195. The number of rotatable bonds is 6. The molecule has 204 valence electrons. The van der Waals surface area contributed by atoms with E-state index in [1.165, 1.54) is 0 Å². The number of carboxylic acid groups (broad SMARTS) is 6. The summed E-state index contributed by atoms with van der Waals surface area (Å²) in [5.41, 5.74) is 14.1. The molecule has 41 heavy (non-hydrogen) atoms. The average molecular weight is 815 g/mol. The van der Waals surface area contributed by atoms with Gasteiger partial charge in [0.25, 0.3) is 0 Å². The summed E-state index contributed by atoms with van der Waals surface area (Å²) < 4.78 is 0. The number of aromatic carboxylic acids is 6. The van der Waals surface area contributed by atoms with Crippen molar-refractivity contribution in [3.05, 3.63) is 88.0 Å². The molecule has 3 rings (SSSR count). The Balaban J connectivity index is 0. The molecule has 0 spiro atoms. The molecule has 0 heterocycles. The van der Waals surface area contributed by atoms with E-state index in [2.05, 4.69) is 0 Å². The molecule has 0 amide bonds. The van der Waals surface area contributed by atoms with Gasteiger partial charge in [-0.1, -0.05) is 36.4 Å². The van der Waals surface area contributed by atoms with E-state index in [9.17, 15) is 59.4 Å². The first-order valence-electron chi connectivity index (χ1n) is 10.0. The van der Waals surface area contributed by atoms with Crippen LogP contribution in [0, 0.1) is 71.2 Å². The first kappa shape index (κ1) is 39.4. The molecule has 0 aliphatic carbocycles. The van der Waals surface area contributed by atoms with E-state index >= 15 is 0 Å². The monoisotopic (exact) mass is 815 g/mol. The minimum atomic E-state index is -1.44. The first-order valence-corrected chi connectivity index (χ1v) is 10.0. The summed E-state index contributed by atoms with van der Waals surface area (Å²) in [6.07, 6.45) is 0. The summed E-state index contributed by atoms with van der Waals surface area (Å²) in [5, 5.41) is 62.0. The molecule has 3 aromatic rings. The van der Waals surface area contributed by atoms with Crippen LogP contribution in [0.15, 0.2) is 54.6 Å². The molecule has 0 saturated heterocycles. The molecule has 0 atom stereocenters. The van der Waals surface area contributed by atoms with E-state index < -0.39 is 35.8 Å². The van der Waals surface area contributed by atoms with Crippen LogP contribution in [0.1, 0.15) is 62.1 Å². The Morgan fingerprint density at radius 3 is 0.707 bits per heavy atom. The summed E-state index contributed by atoms with van der Waals surface area (Å²) in [6.45, 7) is 0. The Kier molecular flexibility index (Phi) is 17.2. The Morgan fingerprint density at radius 2 is 0.585 bits per heavy atom. The van der Waals surface area contributed by atoms with Crippen molar-refractivity contribution < 1.29 is 131 Å². The maximum absolute atomic E-state index is 10.3. The number of anilines is 3. The molecule has 0 bridgehead atoms. The minimum Gasteiger partial charge on any atom is -0.545 e. The van der Waals surface area contributed by atoms with Gasteiger partial charge in [-0.2, -0.15) is 0 Å². The smallest absolute Gasteiger partial charge is 0.545 e. The van der Waals surface area contributed by atoms with Crippen LogP contribution in [0.5, 0.6) is 0 Å². The molecule has 15 nitrogen and oxygen atoms in total. The third-order valence-electron chi connectivity index (χ3n) is 4.52. The van der Waals surface area contributed by atoms with Gasteiger partial charge in [-0.15, -0.1) is 0 Å². The molecule has 0 aliphatic heterocycles. The predicted molar refractivity (Wildman–Crippen MR) is 119 cm³/mol. The number of hydrogen-bond acceptors (Lipinski definition) is 15. The maximum Gasteiger partial charge on any atom is 3.00 e. The SMILES string of the molecule is Nc1cc(C(=O)[O-])ccc1C(=O)[O-].Nc1cc(C(=O)[O-])ccc1C(=O)[O-].Nc1cc(C(=O)[O-])ccc1C(=O)[O-].[La+3].[La+3]. The molecule has 0 aromatic heterocycles.